The molecule has 0 aliphatic heterocycles. The molecule has 9 N–H and O–H groups in total. The highest BCUT2D eigenvalue weighted by Crippen LogP contribution is 2.44. The van der Waals surface area contributed by atoms with Crippen LogP contribution in [-0.4, -0.2) is 114 Å². The summed E-state index contributed by atoms with van der Waals surface area (Å²) in [6.45, 7) is 2.16. The van der Waals surface area contributed by atoms with Gasteiger partial charge in [0.1, 0.15) is 0 Å². The average molecular weight is 823 g/mol. The maximum Gasteiger partial charge on any atom is 0.233 e. The minimum absolute atomic E-state index is 0.00146. The van der Waals surface area contributed by atoms with E-state index in [0.717, 1.165) is 0 Å². The van der Waals surface area contributed by atoms with Crippen LogP contribution in [0.5, 0.6) is 0 Å². The monoisotopic (exact) mass is 822 g/mol. The lowest BCUT2D eigenvalue weighted by molar-refractivity contribution is 0.0978. The van der Waals surface area contributed by atoms with Crippen LogP contribution in [0.25, 0.3) is 11.1 Å². The number of hydrogen-bond donors (Lipinski definition) is 9. The summed E-state index contributed by atoms with van der Waals surface area (Å²) in [7, 11) is 0. The number of benzene rings is 4. The molecule has 0 saturated carbocycles. The molecule has 0 radical (unpaired) electrons. The molecule has 0 atom stereocenters. The normalized spacial score (nSPS) is 12.5. The van der Waals surface area contributed by atoms with Gasteiger partial charge in [-0.1, -0.05) is 60.7 Å². The molecule has 2 aromatic heterocycles. The second-order valence-electron chi connectivity index (χ2n) is 13.6. The zero-order chi connectivity index (χ0) is 42.6. The van der Waals surface area contributed by atoms with Crippen molar-refractivity contribution < 1.29 is 34.5 Å². The number of aliphatic hydroxyl groups is 3. The summed E-state index contributed by atoms with van der Waals surface area (Å²) in [5.41, 5.74) is 1.40. The van der Waals surface area contributed by atoms with Crippen molar-refractivity contribution in [2.45, 2.75) is 6.92 Å². The molecule has 6 aromatic rings. The van der Waals surface area contributed by atoms with Gasteiger partial charge in [-0.05, 0) is 30.2 Å². The number of nitrogens with one attached hydrogen (secondary N) is 6. The van der Waals surface area contributed by atoms with Crippen LogP contribution in [0.3, 0.4) is 0 Å². The number of nitrogens with zero attached hydrogens (tertiary/aromatic N) is 6. The molecule has 8 rings (SSSR count). The molecule has 19 heteroatoms. The predicted octanol–water partition coefficient (Wildman–Crippen LogP) is 3.41. The van der Waals surface area contributed by atoms with E-state index in [-0.39, 0.29) is 142 Å². The van der Waals surface area contributed by atoms with Crippen LogP contribution in [-0.2, 0) is 0 Å². The van der Waals surface area contributed by atoms with Crippen molar-refractivity contribution in [2.24, 2.45) is 0 Å². The van der Waals surface area contributed by atoms with Gasteiger partial charge in [-0.25, -0.2) is 0 Å². The Morgan fingerprint density at radius 3 is 1.03 bits per heavy atom. The summed E-state index contributed by atoms with van der Waals surface area (Å²) in [6.07, 6.45) is 0. The molecular weight excluding hydrogens is 785 g/mol. The molecule has 19 nitrogen and oxygen atoms in total. The Kier molecular flexibility index (Phi) is 11.3. The van der Waals surface area contributed by atoms with Crippen molar-refractivity contribution in [1.29, 1.82) is 0 Å². The quantitative estimate of drug-likeness (QED) is 0.0675. The highest BCUT2D eigenvalue weighted by molar-refractivity contribution is 6.35. The van der Waals surface area contributed by atoms with Crippen LogP contribution in [0, 0.1) is 0 Å². The first-order valence-corrected chi connectivity index (χ1v) is 19.3. The first-order valence-electron chi connectivity index (χ1n) is 19.3. The molecule has 61 heavy (non-hydrogen) atoms. The molecule has 0 unspecified atom stereocenters. The van der Waals surface area contributed by atoms with Gasteiger partial charge in [-0.2, -0.15) is 29.9 Å². The van der Waals surface area contributed by atoms with Crippen molar-refractivity contribution in [3.8, 4) is 11.1 Å². The molecular formula is C42H38N12O7. The maximum absolute atomic E-state index is 14.7. The lowest BCUT2D eigenvalue weighted by Crippen LogP contribution is -2.25. The lowest BCUT2D eigenvalue weighted by Gasteiger charge is -2.26. The first kappa shape index (κ1) is 40.1. The highest BCUT2D eigenvalue weighted by Gasteiger charge is 2.38. The zero-order valence-corrected chi connectivity index (χ0v) is 32.5. The van der Waals surface area contributed by atoms with E-state index in [1.54, 1.807) is 72.8 Å². The second-order valence-corrected chi connectivity index (χ2v) is 13.6. The maximum atomic E-state index is 14.7. The lowest BCUT2D eigenvalue weighted by atomic mass is 9.75. The molecule has 2 heterocycles. The van der Waals surface area contributed by atoms with Crippen LogP contribution in [0.2, 0.25) is 0 Å². The van der Waals surface area contributed by atoms with Gasteiger partial charge in [-0.3, -0.25) is 19.2 Å². The summed E-state index contributed by atoms with van der Waals surface area (Å²) in [6, 6.07) is 19.2. The number of fused-ring (bicyclic) bond motifs is 4. The highest BCUT2D eigenvalue weighted by atomic mass is 16.3. The molecule has 0 saturated heterocycles. The van der Waals surface area contributed by atoms with E-state index in [1.165, 1.54) is 0 Å². The van der Waals surface area contributed by atoms with Gasteiger partial charge in [-0.15, -0.1) is 0 Å². The molecule has 0 spiro atoms. The van der Waals surface area contributed by atoms with Gasteiger partial charge < -0.3 is 47.2 Å². The largest absolute Gasteiger partial charge is 0.395 e. The minimum Gasteiger partial charge on any atom is -0.395 e. The van der Waals surface area contributed by atoms with Crippen LogP contribution in [0.15, 0.2) is 72.8 Å². The summed E-state index contributed by atoms with van der Waals surface area (Å²) in [5, 5.41) is 46.1. The molecule has 0 bridgehead atoms. The van der Waals surface area contributed by atoms with Crippen molar-refractivity contribution in [3.63, 3.8) is 0 Å². The number of ketones is 4. The van der Waals surface area contributed by atoms with Crippen molar-refractivity contribution in [2.75, 3.05) is 77.9 Å². The summed E-state index contributed by atoms with van der Waals surface area (Å²) in [5.74, 6) is -1.40. The standard InChI is InChI=1S/C42H38N12O7/c1-2-43-37-49-38(44-15-18-55)52-41(51-37)47-27-13-11-21(29-31(27)35(60)25-9-5-3-7-23(25)33(29)58)22-12-14-28(32-30(22)34(59)24-8-4-6-10-26(24)36(32)61)48-42-53-39(45-16-19-56)50-40(54-42)46-17-20-57/h3-14,55-57H,2,15-20H2,1H3,(H3,43,44,47,49,51,52)(H3,45,46,48,50,53,54). The van der Waals surface area contributed by atoms with E-state index >= 15 is 0 Å². The molecule has 2 aliphatic rings. The zero-order valence-electron chi connectivity index (χ0n) is 32.5. The van der Waals surface area contributed by atoms with Gasteiger partial charge in [0.05, 0.1) is 42.3 Å². The molecule has 4 aromatic carbocycles. The summed E-state index contributed by atoms with van der Waals surface area (Å²) < 4.78 is 0. The number of aromatic nitrogens is 6. The minimum atomic E-state index is -0.495. The Labute approximate surface area is 347 Å². The Balaban J connectivity index is 1.31. The molecule has 308 valence electrons. The van der Waals surface area contributed by atoms with Crippen LogP contribution < -0.4 is 31.9 Å². The fourth-order valence-electron chi connectivity index (χ4n) is 7.18. The van der Waals surface area contributed by atoms with E-state index in [1.807, 2.05) is 6.92 Å². The molecule has 0 amide bonds. The van der Waals surface area contributed by atoms with Gasteiger partial charge >= 0.3 is 0 Å². The Morgan fingerprint density at radius 2 is 0.705 bits per heavy atom. The van der Waals surface area contributed by atoms with E-state index in [4.69, 9.17) is 0 Å². The molecule has 2 aliphatic carbocycles. The van der Waals surface area contributed by atoms with Gasteiger partial charge in [0.25, 0.3) is 0 Å². The number of rotatable bonds is 16. The SMILES string of the molecule is CCNc1nc(NCCO)nc(Nc2ccc(-c3ccc(Nc4nc(NCCO)nc(NCCO)n4)c4c3C(=O)c3ccccc3C4=O)c3c2C(=O)c2ccccc2C3=O)n1. The number of carbonyl (C=O) groups is 4. The van der Waals surface area contributed by atoms with E-state index in [9.17, 15) is 34.5 Å². The van der Waals surface area contributed by atoms with Crippen LogP contribution in [0.1, 0.15) is 70.6 Å². The Hall–Kier alpha value is -7.74. The van der Waals surface area contributed by atoms with Crippen LogP contribution in [0.4, 0.5) is 47.1 Å². The number of aliphatic hydroxyl groups excluding tert-OH is 3. The predicted molar refractivity (Wildman–Crippen MR) is 226 cm³/mol. The van der Waals surface area contributed by atoms with E-state index in [2.05, 4.69) is 61.8 Å². The molecule has 0 fully saturated rings. The Bertz CT molecular complexity index is 2720. The summed E-state index contributed by atoms with van der Waals surface area (Å²) in [4.78, 5) is 84.8. The van der Waals surface area contributed by atoms with Crippen molar-refractivity contribution >= 4 is 70.2 Å². The van der Waals surface area contributed by atoms with Crippen molar-refractivity contribution in [1.82, 2.24) is 29.9 Å². The fourth-order valence-corrected chi connectivity index (χ4v) is 7.18. The third kappa shape index (κ3) is 7.66. The number of carbonyl (C=O) groups excluding carboxylic acids is 4. The van der Waals surface area contributed by atoms with Crippen molar-refractivity contribution in [3.05, 3.63) is 117 Å². The Morgan fingerprint density at radius 1 is 0.393 bits per heavy atom. The number of anilines is 8. The van der Waals surface area contributed by atoms with Gasteiger partial charge in [0.2, 0.25) is 35.7 Å². The van der Waals surface area contributed by atoms with Gasteiger partial charge in [0, 0.05) is 59.6 Å². The van der Waals surface area contributed by atoms with Gasteiger partial charge in [0.15, 0.2) is 23.1 Å². The third-order valence-electron chi connectivity index (χ3n) is 9.73. The van der Waals surface area contributed by atoms with E-state index < -0.39 is 23.1 Å². The summed E-state index contributed by atoms with van der Waals surface area (Å²) >= 11 is 0. The average Bonchev–Trinajstić information content (AvgIpc) is 3.27. The topological polar surface area (TPSA) is 278 Å². The number of hydrogen-bond acceptors (Lipinski definition) is 19. The second kappa shape index (κ2) is 17.2. The van der Waals surface area contributed by atoms with E-state index in [0.29, 0.717) is 6.54 Å². The third-order valence-corrected chi connectivity index (χ3v) is 9.73. The first-order chi connectivity index (χ1) is 29.7. The fraction of sp³-hybridized carbons (Fsp3) is 0.190. The van der Waals surface area contributed by atoms with Crippen LogP contribution >= 0.6 is 0 Å². The smallest absolute Gasteiger partial charge is 0.233 e.